The maximum absolute atomic E-state index is 3.72. The molecular weight excluding hydrogens is 180 g/mol. The SMILES string of the molecule is CCN1CCC2(CC1)NCCCS2. The number of hydrogen-bond acceptors (Lipinski definition) is 3. The number of hydrogen-bond donors (Lipinski definition) is 1. The molecule has 2 heterocycles. The highest BCUT2D eigenvalue weighted by Crippen LogP contribution is 2.36. The van der Waals surface area contributed by atoms with Crippen LogP contribution in [0.3, 0.4) is 0 Å². The van der Waals surface area contributed by atoms with E-state index in [4.69, 9.17) is 0 Å². The zero-order chi connectivity index (χ0) is 9.15. The Morgan fingerprint density at radius 2 is 2.15 bits per heavy atom. The number of rotatable bonds is 1. The third-order valence-corrected chi connectivity index (χ3v) is 4.86. The predicted octanol–water partition coefficient (Wildman–Crippen LogP) is 1.52. The summed E-state index contributed by atoms with van der Waals surface area (Å²) in [5.74, 6) is 1.36. The fourth-order valence-corrected chi connectivity index (χ4v) is 3.61. The summed E-state index contributed by atoms with van der Waals surface area (Å²) in [7, 11) is 0. The van der Waals surface area contributed by atoms with Gasteiger partial charge in [0.05, 0.1) is 4.87 Å². The molecule has 1 spiro atoms. The minimum atomic E-state index is 0.462. The van der Waals surface area contributed by atoms with Gasteiger partial charge >= 0.3 is 0 Å². The molecule has 13 heavy (non-hydrogen) atoms. The molecule has 2 rings (SSSR count). The first-order valence-corrected chi connectivity index (χ1v) is 6.44. The van der Waals surface area contributed by atoms with E-state index in [9.17, 15) is 0 Å². The van der Waals surface area contributed by atoms with Crippen LogP contribution in [0.4, 0.5) is 0 Å². The smallest absolute Gasteiger partial charge is 0.0669 e. The lowest BCUT2D eigenvalue weighted by molar-refractivity contribution is 0.189. The van der Waals surface area contributed by atoms with Gasteiger partial charge in [-0.25, -0.2) is 0 Å². The number of thioether (sulfide) groups is 1. The van der Waals surface area contributed by atoms with E-state index in [0.29, 0.717) is 4.87 Å². The van der Waals surface area contributed by atoms with Crippen molar-refractivity contribution in [1.29, 1.82) is 0 Å². The molecule has 0 amide bonds. The Morgan fingerprint density at radius 3 is 2.69 bits per heavy atom. The second kappa shape index (κ2) is 4.20. The number of piperidine rings is 1. The van der Waals surface area contributed by atoms with E-state index < -0.39 is 0 Å². The maximum atomic E-state index is 3.72. The molecule has 2 nitrogen and oxygen atoms in total. The summed E-state index contributed by atoms with van der Waals surface area (Å²) in [5, 5.41) is 3.72. The zero-order valence-electron chi connectivity index (χ0n) is 8.51. The van der Waals surface area contributed by atoms with Crippen molar-refractivity contribution in [2.24, 2.45) is 0 Å². The molecule has 0 atom stereocenters. The maximum Gasteiger partial charge on any atom is 0.0669 e. The van der Waals surface area contributed by atoms with Crippen molar-refractivity contribution in [3.05, 3.63) is 0 Å². The molecule has 0 aliphatic carbocycles. The molecule has 0 aromatic heterocycles. The van der Waals surface area contributed by atoms with Gasteiger partial charge in [0.15, 0.2) is 0 Å². The molecule has 0 aromatic rings. The van der Waals surface area contributed by atoms with Crippen LogP contribution < -0.4 is 5.32 Å². The molecule has 76 valence electrons. The fraction of sp³-hybridized carbons (Fsp3) is 1.00. The Hall–Kier alpha value is 0.270. The van der Waals surface area contributed by atoms with Crippen LogP contribution >= 0.6 is 11.8 Å². The van der Waals surface area contributed by atoms with Crippen molar-refractivity contribution < 1.29 is 0 Å². The lowest BCUT2D eigenvalue weighted by Crippen LogP contribution is -2.53. The van der Waals surface area contributed by atoms with E-state index >= 15 is 0 Å². The predicted molar refractivity (Wildman–Crippen MR) is 59.2 cm³/mol. The molecule has 0 saturated carbocycles. The minimum absolute atomic E-state index is 0.462. The van der Waals surface area contributed by atoms with Gasteiger partial charge in [0.1, 0.15) is 0 Å². The van der Waals surface area contributed by atoms with Gasteiger partial charge in [0, 0.05) is 13.1 Å². The summed E-state index contributed by atoms with van der Waals surface area (Å²) in [5.41, 5.74) is 0. The van der Waals surface area contributed by atoms with E-state index in [0.717, 1.165) is 0 Å². The van der Waals surface area contributed by atoms with Crippen LogP contribution in [-0.4, -0.2) is 41.7 Å². The van der Waals surface area contributed by atoms with Gasteiger partial charge < -0.3 is 10.2 Å². The Bertz CT molecular complexity index is 156. The number of nitrogens with one attached hydrogen (secondary N) is 1. The van der Waals surface area contributed by atoms with Gasteiger partial charge in [-0.1, -0.05) is 6.92 Å². The van der Waals surface area contributed by atoms with Crippen molar-refractivity contribution in [3.8, 4) is 0 Å². The largest absolute Gasteiger partial charge is 0.303 e. The average Bonchev–Trinajstić information content (AvgIpc) is 2.20. The van der Waals surface area contributed by atoms with Gasteiger partial charge in [0.25, 0.3) is 0 Å². The van der Waals surface area contributed by atoms with Gasteiger partial charge in [-0.3, -0.25) is 0 Å². The monoisotopic (exact) mass is 200 g/mol. The van der Waals surface area contributed by atoms with E-state index in [1.54, 1.807) is 0 Å². The Kier molecular flexibility index (Phi) is 3.17. The van der Waals surface area contributed by atoms with Crippen LogP contribution in [0.5, 0.6) is 0 Å². The summed E-state index contributed by atoms with van der Waals surface area (Å²) in [6.07, 6.45) is 4.03. The Balaban J connectivity index is 1.87. The molecule has 0 unspecified atom stereocenters. The molecule has 0 bridgehead atoms. The topological polar surface area (TPSA) is 15.3 Å². The molecule has 1 N–H and O–H groups in total. The second-order valence-corrected chi connectivity index (χ2v) is 5.54. The molecule has 0 aromatic carbocycles. The van der Waals surface area contributed by atoms with E-state index in [-0.39, 0.29) is 0 Å². The van der Waals surface area contributed by atoms with Gasteiger partial charge in [-0.2, -0.15) is 0 Å². The molecular formula is C10H20N2S. The van der Waals surface area contributed by atoms with Crippen molar-refractivity contribution in [1.82, 2.24) is 10.2 Å². The van der Waals surface area contributed by atoms with E-state index in [2.05, 4.69) is 28.9 Å². The van der Waals surface area contributed by atoms with Crippen LogP contribution in [0.2, 0.25) is 0 Å². The Labute approximate surface area is 85.4 Å². The van der Waals surface area contributed by atoms with Gasteiger partial charge in [-0.05, 0) is 38.1 Å². The van der Waals surface area contributed by atoms with Crippen LogP contribution in [-0.2, 0) is 0 Å². The molecule has 2 aliphatic heterocycles. The van der Waals surface area contributed by atoms with E-state index in [1.165, 1.54) is 51.2 Å². The first kappa shape index (κ1) is 9.81. The highest BCUT2D eigenvalue weighted by Gasteiger charge is 2.35. The molecule has 3 heteroatoms. The first-order valence-electron chi connectivity index (χ1n) is 5.46. The average molecular weight is 200 g/mol. The van der Waals surface area contributed by atoms with Crippen LogP contribution in [0.1, 0.15) is 26.2 Å². The molecule has 2 saturated heterocycles. The zero-order valence-corrected chi connectivity index (χ0v) is 9.33. The molecule has 2 fully saturated rings. The minimum Gasteiger partial charge on any atom is -0.303 e. The van der Waals surface area contributed by atoms with Crippen molar-refractivity contribution in [2.45, 2.75) is 31.1 Å². The lowest BCUT2D eigenvalue weighted by Gasteiger charge is -2.44. The molecule has 2 aliphatic rings. The standard InChI is InChI=1S/C10H20N2S/c1-2-12-7-4-10(5-8-12)11-6-3-9-13-10/h11H,2-9H2,1H3. The fourth-order valence-electron chi connectivity index (χ4n) is 2.26. The van der Waals surface area contributed by atoms with Crippen molar-refractivity contribution >= 4 is 11.8 Å². The third kappa shape index (κ3) is 2.20. The summed E-state index contributed by atoms with van der Waals surface area (Å²) < 4.78 is 0. The number of nitrogens with zero attached hydrogens (tertiary/aromatic N) is 1. The van der Waals surface area contributed by atoms with Crippen molar-refractivity contribution in [2.75, 3.05) is 31.9 Å². The highest BCUT2D eigenvalue weighted by atomic mass is 32.2. The summed E-state index contributed by atoms with van der Waals surface area (Å²) in [6, 6.07) is 0. The Morgan fingerprint density at radius 1 is 1.38 bits per heavy atom. The first-order chi connectivity index (χ1) is 6.35. The second-order valence-electron chi connectivity index (χ2n) is 4.06. The van der Waals surface area contributed by atoms with Crippen molar-refractivity contribution in [3.63, 3.8) is 0 Å². The summed E-state index contributed by atoms with van der Waals surface area (Å²) in [4.78, 5) is 3.02. The third-order valence-electron chi connectivity index (χ3n) is 3.26. The van der Waals surface area contributed by atoms with Crippen LogP contribution in [0.15, 0.2) is 0 Å². The van der Waals surface area contributed by atoms with Gasteiger partial charge in [-0.15, -0.1) is 11.8 Å². The summed E-state index contributed by atoms with van der Waals surface area (Å²) >= 11 is 2.16. The molecule has 0 radical (unpaired) electrons. The number of likely N-dealkylation sites (tertiary alicyclic amines) is 1. The van der Waals surface area contributed by atoms with Gasteiger partial charge in [0.2, 0.25) is 0 Å². The van der Waals surface area contributed by atoms with Crippen LogP contribution in [0.25, 0.3) is 0 Å². The summed E-state index contributed by atoms with van der Waals surface area (Å²) in [6.45, 7) is 7.30. The lowest BCUT2D eigenvalue weighted by atomic mass is 10.0. The normalized spacial score (nSPS) is 29.3. The highest BCUT2D eigenvalue weighted by molar-refractivity contribution is 8.00. The van der Waals surface area contributed by atoms with E-state index in [1.807, 2.05) is 0 Å². The quantitative estimate of drug-likeness (QED) is 0.691. The van der Waals surface area contributed by atoms with Crippen LogP contribution in [0, 0.1) is 0 Å².